The Labute approximate surface area is 225 Å². The van der Waals surface area contributed by atoms with Crippen LogP contribution in [0.3, 0.4) is 0 Å². The van der Waals surface area contributed by atoms with Crippen LogP contribution in [0, 0.1) is 0 Å². The number of carbonyl (C=O) groups is 1. The van der Waals surface area contributed by atoms with Crippen LogP contribution in [0.25, 0.3) is 17.0 Å². The molecule has 0 aliphatic carbocycles. The number of fused-ring (bicyclic) bond motifs is 1. The van der Waals surface area contributed by atoms with Gasteiger partial charge in [0.05, 0.1) is 20.6 Å². The predicted octanol–water partition coefficient (Wildman–Crippen LogP) is 8.71. The molecule has 9 heteroatoms. The van der Waals surface area contributed by atoms with Crippen LogP contribution in [-0.4, -0.2) is 14.8 Å². The fourth-order valence-corrected chi connectivity index (χ4v) is 5.86. The van der Waals surface area contributed by atoms with Crippen molar-refractivity contribution in [2.75, 3.05) is 4.90 Å². The van der Waals surface area contributed by atoms with Crippen molar-refractivity contribution in [1.82, 2.24) is 4.57 Å². The van der Waals surface area contributed by atoms with Crippen molar-refractivity contribution in [2.24, 2.45) is 0 Å². The Hall–Kier alpha value is -1.99. The zero-order chi connectivity index (χ0) is 24.0. The van der Waals surface area contributed by atoms with Gasteiger partial charge < -0.3 is 4.57 Å². The van der Waals surface area contributed by atoms with Gasteiger partial charge in [0, 0.05) is 39.3 Å². The second-order valence-electron chi connectivity index (χ2n) is 7.58. The fourth-order valence-electron chi connectivity index (χ4n) is 3.81. The number of hydrogen-bond donors (Lipinski definition) is 0. The molecule has 1 amide bonds. The van der Waals surface area contributed by atoms with E-state index in [0.29, 0.717) is 41.5 Å². The van der Waals surface area contributed by atoms with Crippen molar-refractivity contribution in [3.63, 3.8) is 0 Å². The number of nitrogens with zero attached hydrogens (tertiary/aromatic N) is 2. The molecule has 1 aromatic heterocycles. The molecule has 3 aromatic carbocycles. The molecule has 1 fully saturated rings. The third-order valence-electron chi connectivity index (χ3n) is 5.42. The average molecular weight is 564 g/mol. The number of hydrogen-bond acceptors (Lipinski definition) is 3. The zero-order valence-electron chi connectivity index (χ0n) is 17.3. The van der Waals surface area contributed by atoms with E-state index in [1.54, 1.807) is 24.3 Å². The topological polar surface area (TPSA) is 25.2 Å². The molecule has 1 saturated heterocycles. The number of carbonyl (C=O) groups excluding carboxylic acids is 1. The van der Waals surface area contributed by atoms with Crippen LogP contribution >= 0.6 is 70.4 Å². The predicted molar refractivity (Wildman–Crippen MR) is 150 cm³/mol. The summed E-state index contributed by atoms with van der Waals surface area (Å²) in [6, 6.07) is 18.5. The van der Waals surface area contributed by atoms with Crippen molar-refractivity contribution in [1.29, 1.82) is 0 Å². The second-order valence-corrected chi connectivity index (χ2v) is 10.9. The van der Waals surface area contributed by atoms with Crippen LogP contribution in [0.5, 0.6) is 0 Å². The van der Waals surface area contributed by atoms with E-state index in [0.717, 1.165) is 22.0 Å². The number of para-hydroxylation sites is 1. The molecule has 0 unspecified atom stereocenters. The molecule has 0 N–H and O–H groups in total. The van der Waals surface area contributed by atoms with Crippen molar-refractivity contribution >= 4 is 103 Å². The Morgan fingerprint density at radius 2 is 1.71 bits per heavy atom. The molecule has 0 saturated carbocycles. The quantitative estimate of drug-likeness (QED) is 0.183. The van der Waals surface area contributed by atoms with Crippen LogP contribution < -0.4 is 4.90 Å². The number of anilines is 1. The van der Waals surface area contributed by atoms with Gasteiger partial charge in [0.15, 0.2) is 4.32 Å². The molecule has 4 aromatic rings. The first kappa shape index (κ1) is 23.7. The molecule has 1 aliphatic rings. The van der Waals surface area contributed by atoms with Crippen molar-refractivity contribution in [3.05, 3.63) is 103 Å². The van der Waals surface area contributed by atoms with E-state index in [1.165, 1.54) is 16.7 Å². The molecule has 34 heavy (non-hydrogen) atoms. The summed E-state index contributed by atoms with van der Waals surface area (Å²) in [7, 11) is 0. The smallest absolute Gasteiger partial charge is 0.270 e. The summed E-state index contributed by atoms with van der Waals surface area (Å²) < 4.78 is 2.54. The minimum Gasteiger partial charge on any atom is -0.342 e. The Bertz CT molecular complexity index is 1510. The molecule has 0 atom stereocenters. The molecule has 0 bridgehead atoms. The lowest BCUT2D eigenvalue weighted by Crippen LogP contribution is -2.27. The first-order valence-corrected chi connectivity index (χ1v) is 12.8. The minimum atomic E-state index is -0.203. The third-order valence-corrected chi connectivity index (χ3v) is 8.05. The van der Waals surface area contributed by atoms with Gasteiger partial charge in [-0.3, -0.25) is 9.69 Å². The first-order chi connectivity index (χ1) is 16.3. The van der Waals surface area contributed by atoms with Gasteiger partial charge in [0.25, 0.3) is 5.91 Å². The SMILES string of the molecule is O=C1/C(=C/c2cn(Cc3ccc(Cl)cc3Cl)c3ccccc23)SC(=S)N1c1ccc(Cl)c(Cl)c1. The standard InChI is InChI=1S/C25H14Cl4N2OS2/c26-16-6-5-14(20(28)10-16)12-30-13-15(18-3-1-2-4-22(18)30)9-23-24(32)31(25(33)34-23)17-7-8-19(27)21(29)11-17/h1-11,13H,12H2/b23-9-. The summed E-state index contributed by atoms with van der Waals surface area (Å²) in [5, 5.41) is 3.00. The average Bonchev–Trinajstić information content (AvgIpc) is 3.29. The number of thiocarbonyl (C=S) groups is 1. The summed E-state index contributed by atoms with van der Waals surface area (Å²) in [4.78, 5) is 15.3. The lowest BCUT2D eigenvalue weighted by molar-refractivity contribution is -0.113. The lowest BCUT2D eigenvalue weighted by Gasteiger charge is -2.15. The number of aromatic nitrogens is 1. The number of rotatable bonds is 4. The van der Waals surface area contributed by atoms with Crippen LogP contribution in [0.2, 0.25) is 20.1 Å². The highest BCUT2D eigenvalue weighted by molar-refractivity contribution is 8.27. The highest BCUT2D eigenvalue weighted by Crippen LogP contribution is 2.39. The maximum atomic E-state index is 13.3. The summed E-state index contributed by atoms with van der Waals surface area (Å²) in [5.74, 6) is -0.203. The maximum Gasteiger partial charge on any atom is 0.270 e. The second kappa shape index (κ2) is 9.57. The van der Waals surface area contributed by atoms with Gasteiger partial charge in [0.1, 0.15) is 0 Å². The molecule has 3 nitrogen and oxygen atoms in total. The van der Waals surface area contributed by atoms with Crippen LogP contribution in [0.4, 0.5) is 5.69 Å². The van der Waals surface area contributed by atoms with Gasteiger partial charge in [-0.2, -0.15) is 0 Å². The van der Waals surface area contributed by atoms with Gasteiger partial charge in [-0.05, 0) is 48.0 Å². The molecular formula is C25H14Cl4N2OS2. The molecule has 5 rings (SSSR count). The zero-order valence-corrected chi connectivity index (χ0v) is 21.9. The summed E-state index contributed by atoms with van der Waals surface area (Å²) >= 11 is 31.4. The van der Waals surface area contributed by atoms with E-state index < -0.39 is 0 Å². The number of thioether (sulfide) groups is 1. The van der Waals surface area contributed by atoms with Gasteiger partial charge in [-0.15, -0.1) is 0 Å². The summed E-state index contributed by atoms with van der Waals surface area (Å²) in [6.07, 6.45) is 3.89. The van der Waals surface area contributed by atoms with Gasteiger partial charge in [-0.1, -0.05) is 94.6 Å². The van der Waals surface area contributed by atoms with Crippen molar-refractivity contribution < 1.29 is 4.79 Å². The van der Waals surface area contributed by atoms with Crippen molar-refractivity contribution in [3.8, 4) is 0 Å². The Morgan fingerprint density at radius 1 is 0.912 bits per heavy atom. The first-order valence-electron chi connectivity index (χ1n) is 10.1. The van der Waals surface area contributed by atoms with Gasteiger partial charge in [-0.25, -0.2) is 0 Å². The Morgan fingerprint density at radius 3 is 2.47 bits per heavy atom. The fraction of sp³-hybridized carbons (Fsp3) is 0.0400. The molecule has 170 valence electrons. The number of benzene rings is 3. The largest absolute Gasteiger partial charge is 0.342 e. The number of halogens is 4. The van der Waals surface area contributed by atoms with E-state index in [1.807, 2.05) is 48.7 Å². The van der Waals surface area contributed by atoms with Gasteiger partial charge in [0.2, 0.25) is 0 Å². The summed E-state index contributed by atoms with van der Waals surface area (Å²) in [6.45, 7) is 0.564. The third kappa shape index (κ3) is 4.49. The van der Waals surface area contributed by atoms with E-state index >= 15 is 0 Å². The van der Waals surface area contributed by atoms with Gasteiger partial charge >= 0.3 is 0 Å². The van der Waals surface area contributed by atoms with Crippen molar-refractivity contribution in [2.45, 2.75) is 6.54 Å². The normalized spacial score (nSPS) is 15.2. The van der Waals surface area contributed by atoms with Crippen LogP contribution in [-0.2, 0) is 11.3 Å². The minimum absolute atomic E-state index is 0.203. The highest BCUT2D eigenvalue weighted by atomic mass is 35.5. The molecular weight excluding hydrogens is 550 g/mol. The van der Waals surface area contributed by atoms with E-state index in [2.05, 4.69) is 4.57 Å². The van der Waals surface area contributed by atoms with E-state index in [9.17, 15) is 4.79 Å². The Balaban J connectivity index is 1.52. The molecule has 1 aliphatic heterocycles. The Kier molecular flexibility index (Phi) is 6.68. The van der Waals surface area contributed by atoms with E-state index in [4.69, 9.17) is 58.6 Å². The maximum absolute atomic E-state index is 13.3. The monoisotopic (exact) mass is 562 g/mol. The highest BCUT2D eigenvalue weighted by Gasteiger charge is 2.33. The van der Waals surface area contributed by atoms with Crippen LogP contribution in [0.15, 0.2) is 71.8 Å². The number of amides is 1. The van der Waals surface area contributed by atoms with E-state index in [-0.39, 0.29) is 5.91 Å². The molecule has 0 radical (unpaired) electrons. The lowest BCUT2D eigenvalue weighted by atomic mass is 10.1. The van der Waals surface area contributed by atoms with Crippen LogP contribution in [0.1, 0.15) is 11.1 Å². The summed E-state index contributed by atoms with van der Waals surface area (Å²) in [5.41, 5.74) is 3.47. The molecule has 0 spiro atoms. The molecule has 2 heterocycles.